The second-order valence-corrected chi connectivity index (χ2v) is 17.9. The molecular formula is C54H39NOS2. The average Bonchev–Trinajstić information content (AvgIpc) is 3.98. The Bertz CT molecular complexity index is 3340. The molecule has 58 heavy (non-hydrogen) atoms. The Morgan fingerprint density at radius 2 is 1.10 bits per heavy atom. The predicted molar refractivity (Wildman–Crippen MR) is 249 cm³/mol. The van der Waals surface area contributed by atoms with Gasteiger partial charge in [-0.15, -0.1) is 22.7 Å². The zero-order chi connectivity index (χ0) is 38.2. The van der Waals surface area contributed by atoms with Gasteiger partial charge in [0.25, 0.3) is 0 Å². The van der Waals surface area contributed by atoms with E-state index in [4.69, 9.17) is 4.42 Å². The Morgan fingerprint density at radius 3 is 1.95 bits per heavy atom. The molecule has 0 fully saturated rings. The fourth-order valence-corrected chi connectivity index (χ4v) is 11.9. The molecule has 0 saturated heterocycles. The number of anilines is 3. The molecule has 12 rings (SSSR count). The van der Waals surface area contributed by atoms with E-state index in [9.17, 15) is 0 Å². The van der Waals surface area contributed by atoms with Gasteiger partial charge in [-0.25, -0.2) is 0 Å². The zero-order valence-corrected chi connectivity index (χ0v) is 33.6. The number of hydrogen-bond acceptors (Lipinski definition) is 4. The van der Waals surface area contributed by atoms with Crippen LogP contribution in [0.15, 0.2) is 162 Å². The van der Waals surface area contributed by atoms with E-state index in [1.165, 1.54) is 103 Å². The summed E-state index contributed by atoms with van der Waals surface area (Å²) < 4.78 is 11.7. The minimum Gasteiger partial charge on any atom is -0.461 e. The molecule has 0 saturated carbocycles. The lowest BCUT2D eigenvalue weighted by Crippen LogP contribution is -2.25. The SMILES string of the molecule is C1=c2c(sc3ccccc23)=C(c2ccc(N(c3ccc(-c4ccc5oc6c(c5c4)CCCC6)cc3)c3cccc(-c4ccc5sc6ccccc6c5c4)c3)cc2)CC1. The highest BCUT2D eigenvalue weighted by Gasteiger charge is 2.20. The van der Waals surface area contributed by atoms with Gasteiger partial charge in [-0.3, -0.25) is 0 Å². The number of thiophene rings is 2. The van der Waals surface area contributed by atoms with Crippen molar-refractivity contribution in [1.29, 1.82) is 0 Å². The van der Waals surface area contributed by atoms with Crippen molar-refractivity contribution in [2.75, 3.05) is 4.90 Å². The number of benzene rings is 7. The van der Waals surface area contributed by atoms with Crippen LogP contribution in [-0.2, 0) is 12.8 Å². The van der Waals surface area contributed by atoms with E-state index in [0.29, 0.717) is 0 Å². The van der Waals surface area contributed by atoms with Crippen molar-refractivity contribution in [2.45, 2.75) is 38.5 Å². The molecule has 0 bridgehead atoms. The lowest BCUT2D eigenvalue weighted by Gasteiger charge is -2.26. The normalized spacial score (nSPS) is 13.9. The average molecular weight is 782 g/mol. The lowest BCUT2D eigenvalue weighted by molar-refractivity contribution is 0.506. The molecule has 0 N–H and O–H groups in total. The predicted octanol–water partition coefficient (Wildman–Crippen LogP) is 14.5. The maximum Gasteiger partial charge on any atom is 0.134 e. The molecule has 0 aliphatic heterocycles. The van der Waals surface area contributed by atoms with Crippen LogP contribution in [0.2, 0.25) is 0 Å². The van der Waals surface area contributed by atoms with Crippen LogP contribution in [0.25, 0.3) is 75.1 Å². The Labute approximate surface area is 345 Å². The fourth-order valence-electron chi connectivity index (χ4n) is 9.48. The van der Waals surface area contributed by atoms with E-state index in [0.717, 1.165) is 48.3 Å². The van der Waals surface area contributed by atoms with Gasteiger partial charge in [0.2, 0.25) is 0 Å². The number of furan rings is 1. The van der Waals surface area contributed by atoms with E-state index in [1.807, 2.05) is 22.7 Å². The van der Waals surface area contributed by atoms with Crippen molar-refractivity contribution in [3.63, 3.8) is 0 Å². The molecule has 4 heteroatoms. The summed E-state index contributed by atoms with van der Waals surface area (Å²) in [4.78, 5) is 2.41. The topological polar surface area (TPSA) is 16.4 Å². The molecule has 10 aromatic rings. The van der Waals surface area contributed by atoms with Crippen molar-refractivity contribution in [1.82, 2.24) is 0 Å². The Morgan fingerprint density at radius 1 is 0.448 bits per heavy atom. The van der Waals surface area contributed by atoms with Gasteiger partial charge in [0.15, 0.2) is 0 Å². The molecule has 0 unspecified atom stereocenters. The van der Waals surface area contributed by atoms with Crippen molar-refractivity contribution < 1.29 is 4.42 Å². The van der Waals surface area contributed by atoms with E-state index < -0.39 is 0 Å². The number of nitrogens with zero attached hydrogens (tertiary/aromatic N) is 1. The number of hydrogen-bond donors (Lipinski definition) is 0. The number of rotatable bonds is 6. The third-order valence-corrected chi connectivity index (χ3v) is 14.8. The van der Waals surface area contributed by atoms with Gasteiger partial charge in [-0.05, 0) is 149 Å². The molecule has 3 heterocycles. The first-order valence-electron chi connectivity index (χ1n) is 20.5. The first kappa shape index (κ1) is 33.9. The fraction of sp³-hybridized carbons (Fsp3) is 0.111. The maximum atomic E-state index is 6.28. The molecule has 2 nitrogen and oxygen atoms in total. The van der Waals surface area contributed by atoms with E-state index in [2.05, 4.69) is 169 Å². The molecule has 0 atom stereocenters. The van der Waals surface area contributed by atoms with Crippen LogP contribution in [0.3, 0.4) is 0 Å². The summed E-state index contributed by atoms with van der Waals surface area (Å²) in [5.41, 5.74) is 13.5. The van der Waals surface area contributed by atoms with Crippen molar-refractivity contribution in [2.24, 2.45) is 0 Å². The summed E-state index contributed by atoms with van der Waals surface area (Å²) >= 11 is 3.80. The Hall–Kier alpha value is -6.20. The summed E-state index contributed by atoms with van der Waals surface area (Å²) in [6.45, 7) is 0. The highest BCUT2D eigenvalue weighted by molar-refractivity contribution is 7.25. The van der Waals surface area contributed by atoms with Crippen LogP contribution in [0.4, 0.5) is 17.1 Å². The lowest BCUT2D eigenvalue weighted by atomic mass is 9.94. The number of aryl methyl sites for hydroxylation is 2. The van der Waals surface area contributed by atoms with Crippen molar-refractivity contribution in [3.05, 3.63) is 184 Å². The Kier molecular flexibility index (Phi) is 8.02. The highest BCUT2D eigenvalue weighted by atomic mass is 32.1. The third kappa shape index (κ3) is 5.66. The van der Waals surface area contributed by atoms with E-state index >= 15 is 0 Å². The van der Waals surface area contributed by atoms with Crippen molar-refractivity contribution in [3.8, 4) is 22.3 Å². The monoisotopic (exact) mass is 781 g/mol. The smallest absolute Gasteiger partial charge is 0.134 e. The minimum absolute atomic E-state index is 1.02. The molecule has 2 aliphatic carbocycles. The van der Waals surface area contributed by atoms with Crippen LogP contribution in [-0.4, -0.2) is 0 Å². The molecule has 0 radical (unpaired) electrons. The van der Waals surface area contributed by atoms with Crippen LogP contribution < -0.4 is 14.7 Å². The van der Waals surface area contributed by atoms with Gasteiger partial charge in [-0.1, -0.05) is 91.0 Å². The van der Waals surface area contributed by atoms with Gasteiger partial charge < -0.3 is 9.32 Å². The first-order valence-corrected chi connectivity index (χ1v) is 22.1. The second-order valence-electron chi connectivity index (χ2n) is 15.8. The van der Waals surface area contributed by atoms with Gasteiger partial charge >= 0.3 is 0 Å². The van der Waals surface area contributed by atoms with Crippen LogP contribution in [0.5, 0.6) is 0 Å². The largest absolute Gasteiger partial charge is 0.461 e. The highest BCUT2D eigenvalue weighted by Crippen LogP contribution is 2.41. The summed E-state index contributed by atoms with van der Waals surface area (Å²) in [5, 5.41) is 6.71. The summed E-state index contributed by atoms with van der Waals surface area (Å²) in [6.07, 6.45) is 9.18. The number of fused-ring (bicyclic) bond motifs is 9. The van der Waals surface area contributed by atoms with Gasteiger partial charge in [0.1, 0.15) is 11.3 Å². The minimum atomic E-state index is 1.02. The van der Waals surface area contributed by atoms with Crippen LogP contribution in [0.1, 0.15) is 42.6 Å². The molecule has 7 aromatic carbocycles. The third-order valence-electron chi connectivity index (χ3n) is 12.4. The van der Waals surface area contributed by atoms with Gasteiger partial charge in [-0.2, -0.15) is 0 Å². The van der Waals surface area contributed by atoms with E-state index in [-0.39, 0.29) is 0 Å². The molecule has 0 amide bonds. The molecular weight excluding hydrogens is 743 g/mol. The summed E-state index contributed by atoms with van der Waals surface area (Å²) in [6, 6.07) is 58.7. The molecule has 278 valence electrons. The van der Waals surface area contributed by atoms with Gasteiger partial charge in [0.05, 0.1) is 0 Å². The van der Waals surface area contributed by atoms with Crippen LogP contribution >= 0.6 is 22.7 Å². The second kappa shape index (κ2) is 13.7. The standard InChI is InChI=1S/C54H39NOS2/c1-4-16-49-43(11-1)47-32-37(23-29-50(47)56-49)34-19-25-39(26-20-34)55(40-27-21-35(22-28-40)42-14-8-15-46-44-12-2-6-18-52(44)58-54(42)46)41-10-7-9-36(31-41)38-24-30-53-48(33-38)45-13-3-5-17-51(45)57-53/h2-3,5-7,9-10,12-13,15,17-33H,1,4,8,11,14,16H2. The zero-order valence-electron chi connectivity index (χ0n) is 32.0. The van der Waals surface area contributed by atoms with E-state index in [1.54, 1.807) is 0 Å². The summed E-state index contributed by atoms with van der Waals surface area (Å²) in [5.74, 6) is 1.19. The van der Waals surface area contributed by atoms with Crippen LogP contribution in [0, 0.1) is 0 Å². The van der Waals surface area contributed by atoms with Gasteiger partial charge in [0, 0.05) is 63.8 Å². The molecule has 0 spiro atoms. The first-order chi connectivity index (χ1) is 28.7. The quantitative estimate of drug-likeness (QED) is 0.167. The van der Waals surface area contributed by atoms with Crippen molar-refractivity contribution >= 4 is 92.6 Å². The molecule has 3 aromatic heterocycles. The Balaban J connectivity index is 0.958. The maximum absolute atomic E-state index is 6.28. The molecule has 2 aliphatic rings. The summed E-state index contributed by atoms with van der Waals surface area (Å²) in [7, 11) is 0.